The van der Waals surface area contributed by atoms with E-state index in [2.05, 4.69) is 10.6 Å². The lowest BCUT2D eigenvalue weighted by Crippen LogP contribution is -2.56. The summed E-state index contributed by atoms with van der Waals surface area (Å²) in [6, 6.07) is 8.04. The molecule has 0 fully saturated rings. The smallest absolute Gasteiger partial charge is 0.249 e. The highest BCUT2D eigenvalue weighted by atomic mass is 16.5. The van der Waals surface area contributed by atoms with E-state index < -0.39 is 48.9 Å². The van der Waals surface area contributed by atoms with E-state index in [1.54, 1.807) is 0 Å². The molecule has 162 valence electrons. The number of hydrogen-bond acceptors (Lipinski definition) is 7. The fraction of sp³-hybridized carbons (Fsp3) is 0.550. The van der Waals surface area contributed by atoms with Crippen LogP contribution in [-0.4, -0.2) is 76.5 Å². The van der Waals surface area contributed by atoms with Crippen molar-refractivity contribution in [3.8, 4) is 0 Å². The van der Waals surface area contributed by atoms with Gasteiger partial charge in [-0.3, -0.25) is 9.59 Å². The zero-order valence-corrected chi connectivity index (χ0v) is 16.8. The van der Waals surface area contributed by atoms with E-state index in [1.807, 2.05) is 37.3 Å². The van der Waals surface area contributed by atoms with Gasteiger partial charge in [0.25, 0.3) is 0 Å². The second-order valence-electron chi connectivity index (χ2n) is 6.95. The van der Waals surface area contributed by atoms with Gasteiger partial charge in [-0.2, -0.15) is 0 Å². The van der Waals surface area contributed by atoms with Crippen molar-refractivity contribution in [1.29, 1.82) is 0 Å². The highest BCUT2D eigenvalue weighted by Gasteiger charge is 2.36. The van der Waals surface area contributed by atoms with Crippen molar-refractivity contribution in [1.82, 2.24) is 10.6 Å². The second-order valence-corrected chi connectivity index (χ2v) is 6.95. The van der Waals surface area contributed by atoms with E-state index in [4.69, 9.17) is 9.84 Å². The van der Waals surface area contributed by atoms with Crippen molar-refractivity contribution >= 4 is 18.1 Å². The van der Waals surface area contributed by atoms with Crippen LogP contribution in [-0.2, 0) is 25.5 Å². The van der Waals surface area contributed by atoms with Gasteiger partial charge in [-0.15, -0.1) is 0 Å². The molecule has 0 radical (unpaired) electrons. The molecule has 0 aromatic heterocycles. The summed E-state index contributed by atoms with van der Waals surface area (Å²) in [5, 5.41) is 34.1. The third-order valence-corrected chi connectivity index (χ3v) is 4.29. The molecule has 6 atom stereocenters. The van der Waals surface area contributed by atoms with Crippen LogP contribution in [0.4, 0.5) is 0 Å². The quantitative estimate of drug-likeness (QED) is 0.276. The molecule has 29 heavy (non-hydrogen) atoms. The van der Waals surface area contributed by atoms with Gasteiger partial charge in [0.05, 0.1) is 6.61 Å². The monoisotopic (exact) mass is 410 g/mol. The first-order valence-corrected chi connectivity index (χ1v) is 9.38. The molecule has 5 N–H and O–H groups in total. The molecule has 0 bridgehead atoms. The van der Waals surface area contributed by atoms with Crippen molar-refractivity contribution in [3.63, 3.8) is 0 Å². The maximum absolute atomic E-state index is 12.5. The summed E-state index contributed by atoms with van der Waals surface area (Å²) in [5.74, 6) is -1.05. The van der Waals surface area contributed by atoms with Gasteiger partial charge in [0.2, 0.25) is 11.8 Å². The number of hydrogen-bond donors (Lipinski definition) is 5. The summed E-state index contributed by atoms with van der Waals surface area (Å²) in [6.45, 7) is 3.63. The van der Waals surface area contributed by atoms with Crippen molar-refractivity contribution in [2.45, 2.75) is 63.7 Å². The fourth-order valence-corrected chi connectivity index (χ4v) is 2.81. The lowest BCUT2D eigenvalue weighted by molar-refractivity contribution is -0.157. The molecule has 0 aliphatic rings. The van der Waals surface area contributed by atoms with E-state index in [0.29, 0.717) is 12.7 Å². The summed E-state index contributed by atoms with van der Waals surface area (Å²) in [6.07, 6.45) is -4.94. The molecule has 0 saturated heterocycles. The summed E-state index contributed by atoms with van der Waals surface area (Å²) in [4.78, 5) is 35.2. The maximum Gasteiger partial charge on any atom is 0.249 e. The first-order chi connectivity index (χ1) is 13.7. The number of benzene rings is 1. The summed E-state index contributed by atoms with van der Waals surface area (Å²) in [7, 11) is 0. The van der Waals surface area contributed by atoms with E-state index >= 15 is 0 Å². The fourth-order valence-electron chi connectivity index (χ4n) is 2.81. The Bertz CT molecular complexity index is 655. The van der Waals surface area contributed by atoms with Crippen molar-refractivity contribution in [2.24, 2.45) is 0 Å². The molecule has 0 saturated carbocycles. The predicted molar refractivity (Wildman–Crippen MR) is 105 cm³/mol. The van der Waals surface area contributed by atoms with Crippen molar-refractivity contribution in [3.05, 3.63) is 35.9 Å². The van der Waals surface area contributed by atoms with Gasteiger partial charge < -0.3 is 35.5 Å². The lowest BCUT2D eigenvalue weighted by atomic mass is 10.0. The molecule has 6 unspecified atom stereocenters. The van der Waals surface area contributed by atoms with Crippen LogP contribution in [0.1, 0.15) is 26.3 Å². The number of ether oxygens (including phenoxy) is 1. The lowest BCUT2D eigenvalue weighted by Gasteiger charge is -2.32. The summed E-state index contributed by atoms with van der Waals surface area (Å²) < 4.78 is 5.52. The Hall–Kier alpha value is -2.33. The highest BCUT2D eigenvalue weighted by Crippen LogP contribution is 2.13. The summed E-state index contributed by atoms with van der Waals surface area (Å²) >= 11 is 0. The van der Waals surface area contributed by atoms with Crippen molar-refractivity contribution in [2.75, 3.05) is 6.61 Å². The van der Waals surface area contributed by atoms with Gasteiger partial charge >= 0.3 is 0 Å². The number of aliphatic hydroxyl groups excluding tert-OH is 3. The number of aldehydes is 1. The van der Waals surface area contributed by atoms with Crippen LogP contribution in [0.5, 0.6) is 0 Å². The normalized spacial score (nSPS) is 17.3. The van der Waals surface area contributed by atoms with E-state index in [9.17, 15) is 24.6 Å². The second kappa shape index (κ2) is 12.3. The molecule has 0 spiro atoms. The Labute approximate surface area is 170 Å². The van der Waals surface area contributed by atoms with Gasteiger partial charge in [-0.05, 0) is 25.8 Å². The average Bonchev–Trinajstić information content (AvgIpc) is 2.69. The number of carbonyl (C=O) groups excluding carboxylic acids is 3. The van der Waals surface area contributed by atoms with Crippen LogP contribution >= 0.6 is 0 Å². The zero-order chi connectivity index (χ0) is 22.0. The minimum absolute atomic E-state index is 0.209. The Morgan fingerprint density at radius 1 is 1.14 bits per heavy atom. The minimum Gasteiger partial charge on any atom is -0.394 e. The van der Waals surface area contributed by atoms with Gasteiger partial charge in [-0.25, -0.2) is 0 Å². The molecular weight excluding hydrogens is 380 g/mol. The van der Waals surface area contributed by atoms with Crippen LogP contribution in [0, 0.1) is 0 Å². The number of carbonyl (C=O) groups is 3. The minimum atomic E-state index is -1.71. The average molecular weight is 410 g/mol. The first-order valence-electron chi connectivity index (χ1n) is 9.38. The maximum atomic E-state index is 12.5. The Kier molecular flexibility index (Phi) is 10.5. The Morgan fingerprint density at radius 2 is 1.76 bits per heavy atom. The van der Waals surface area contributed by atoms with E-state index in [-0.39, 0.29) is 6.04 Å². The van der Waals surface area contributed by atoms with Crippen LogP contribution < -0.4 is 10.6 Å². The van der Waals surface area contributed by atoms with Gasteiger partial charge in [-0.1, -0.05) is 30.3 Å². The van der Waals surface area contributed by atoms with Gasteiger partial charge in [0.1, 0.15) is 36.7 Å². The molecule has 0 aliphatic heterocycles. The Morgan fingerprint density at radius 3 is 2.28 bits per heavy atom. The molecular formula is C20H30N2O7. The molecule has 0 heterocycles. The largest absolute Gasteiger partial charge is 0.394 e. The summed E-state index contributed by atoms with van der Waals surface area (Å²) in [5.41, 5.74) is 1.04. The van der Waals surface area contributed by atoms with Gasteiger partial charge in [0.15, 0.2) is 0 Å². The number of nitrogens with one attached hydrogen (secondary N) is 2. The highest BCUT2D eigenvalue weighted by molar-refractivity contribution is 5.81. The molecule has 1 aromatic carbocycles. The third-order valence-electron chi connectivity index (χ3n) is 4.29. The van der Waals surface area contributed by atoms with E-state index in [0.717, 1.165) is 5.56 Å². The van der Waals surface area contributed by atoms with Crippen LogP contribution in [0.15, 0.2) is 30.3 Å². The van der Waals surface area contributed by atoms with Crippen LogP contribution in [0.3, 0.4) is 0 Å². The first kappa shape index (κ1) is 24.7. The molecule has 1 rings (SSSR count). The van der Waals surface area contributed by atoms with Crippen LogP contribution in [0.2, 0.25) is 0 Å². The standard InChI is InChI=1S/C20H30N2O7/c1-12(9-15-7-5-4-6-8-15)21-20(28)13(2)29-19(18(27)17(26)11-24)16(10-23)22-14(3)25/h4-8,10,12-13,16-19,24,26-27H,9,11H2,1-3H3,(H,21,28)(H,22,25). The molecule has 0 aliphatic carbocycles. The van der Waals surface area contributed by atoms with Crippen LogP contribution in [0.25, 0.3) is 0 Å². The molecule has 2 amide bonds. The SMILES string of the molecule is CC(=O)NC(C=O)C(OC(C)C(=O)NC(C)Cc1ccccc1)C(O)C(O)CO. The van der Waals surface area contributed by atoms with E-state index in [1.165, 1.54) is 13.8 Å². The molecule has 9 heteroatoms. The molecule has 9 nitrogen and oxygen atoms in total. The van der Waals surface area contributed by atoms with Gasteiger partial charge in [0, 0.05) is 13.0 Å². The molecule has 1 aromatic rings. The Balaban J connectivity index is 2.80. The number of rotatable bonds is 12. The third kappa shape index (κ3) is 8.28. The zero-order valence-electron chi connectivity index (χ0n) is 16.8. The number of amides is 2. The number of aliphatic hydroxyl groups is 3. The predicted octanol–water partition coefficient (Wildman–Crippen LogP) is -1.07. The topological polar surface area (TPSA) is 145 Å². The van der Waals surface area contributed by atoms with Crippen molar-refractivity contribution < 1.29 is 34.4 Å².